The lowest BCUT2D eigenvalue weighted by Crippen LogP contribution is -2.49. The van der Waals surface area contributed by atoms with Crippen molar-refractivity contribution in [3.63, 3.8) is 0 Å². The first kappa shape index (κ1) is 10.9. The van der Waals surface area contributed by atoms with Crippen molar-refractivity contribution in [1.82, 2.24) is 10.6 Å². The van der Waals surface area contributed by atoms with Gasteiger partial charge in [0.05, 0.1) is 6.61 Å². The number of hydrogen-bond donors (Lipinski definition) is 2. The maximum absolute atomic E-state index is 11.8. The molecule has 4 nitrogen and oxygen atoms in total. The average molecular weight is 212 g/mol. The molecule has 0 spiro atoms. The summed E-state index contributed by atoms with van der Waals surface area (Å²) in [6, 6.07) is 0.373. The number of ether oxygens (including phenoxy) is 1. The Morgan fingerprint density at radius 2 is 2.33 bits per heavy atom. The first-order valence-corrected chi connectivity index (χ1v) is 5.88. The summed E-state index contributed by atoms with van der Waals surface area (Å²) in [6.45, 7) is 4.38. The summed E-state index contributed by atoms with van der Waals surface area (Å²) in [6.07, 6.45) is 3.18. The number of amides is 1. The summed E-state index contributed by atoms with van der Waals surface area (Å²) in [5.74, 6) is 0.807. The predicted molar refractivity (Wildman–Crippen MR) is 57.6 cm³/mol. The lowest BCUT2D eigenvalue weighted by Gasteiger charge is -2.24. The molecule has 0 radical (unpaired) electrons. The third-order valence-electron chi connectivity index (χ3n) is 3.26. The molecule has 0 aromatic heterocycles. The highest BCUT2D eigenvalue weighted by atomic mass is 16.5. The number of morpholine rings is 1. The van der Waals surface area contributed by atoms with Crippen molar-refractivity contribution in [3.8, 4) is 0 Å². The Bertz CT molecular complexity index is 227. The van der Waals surface area contributed by atoms with Gasteiger partial charge in [0.15, 0.2) is 0 Å². The minimum Gasteiger partial charge on any atom is -0.366 e. The fourth-order valence-electron chi connectivity index (χ4n) is 2.37. The lowest BCUT2D eigenvalue weighted by atomic mass is 10.1. The standard InChI is InChI=1S/C11H20N2O2/c1-8-2-3-9(6-8)13-11(14)10-7-12-4-5-15-10/h8-10,12H,2-7H2,1H3,(H,13,14). The Labute approximate surface area is 90.8 Å². The molecule has 1 amide bonds. The number of carbonyl (C=O) groups excluding carboxylic acids is 1. The second-order valence-electron chi connectivity index (χ2n) is 4.69. The van der Waals surface area contributed by atoms with Gasteiger partial charge in [0, 0.05) is 19.1 Å². The van der Waals surface area contributed by atoms with E-state index in [0.29, 0.717) is 19.2 Å². The van der Waals surface area contributed by atoms with Crippen molar-refractivity contribution in [3.05, 3.63) is 0 Å². The van der Waals surface area contributed by atoms with E-state index in [1.807, 2.05) is 0 Å². The number of carbonyl (C=O) groups is 1. The van der Waals surface area contributed by atoms with Crippen LogP contribution in [0.5, 0.6) is 0 Å². The number of rotatable bonds is 2. The zero-order valence-electron chi connectivity index (χ0n) is 9.29. The SMILES string of the molecule is CC1CCC(NC(=O)C2CNCCO2)C1. The van der Waals surface area contributed by atoms with Gasteiger partial charge in [0.25, 0.3) is 5.91 Å². The Morgan fingerprint density at radius 1 is 1.47 bits per heavy atom. The second kappa shape index (κ2) is 4.94. The highest BCUT2D eigenvalue weighted by molar-refractivity contribution is 5.81. The Kier molecular flexibility index (Phi) is 3.59. The van der Waals surface area contributed by atoms with Gasteiger partial charge in [0.1, 0.15) is 6.10 Å². The van der Waals surface area contributed by atoms with Gasteiger partial charge in [-0.05, 0) is 25.2 Å². The van der Waals surface area contributed by atoms with Crippen LogP contribution in [0.4, 0.5) is 0 Å². The molecule has 2 aliphatic rings. The molecule has 0 aromatic rings. The van der Waals surface area contributed by atoms with E-state index in [1.165, 1.54) is 6.42 Å². The second-order valence-corrected chi connectivity index (χ2v) is 4.69. The minimum absolute atomic E-state index is 0.0568. The van der Waals surface area contributed by atoms with E-state index in [1.54, 1.807) is 0 Å². The first-order chi connectivity index (χ1) is 7.25. The van der Waals surface area contributed by atoms with Crippen LogP contribution in [0.25, 0.3) is 0 Å². The van der Waals surface area contributed by atoms with Crippen LogP contribution in [0.3, 0.4) is 0 Å². The summed E-state index contributed by atoms with van der Waals surface area (Å²) in [4.78, 5) is 11.8. The van der Waals surface area contributed by atoms with Crippen molar-refractivity contribution in [2.45, 2.75) is 38.3 Å². The van der Waals surface area contributed by atoms with Gasteiger partial charge >= 0.3 is 0 Å². The van der Waals surface area contributed by atoms with Gasteiger partial charge in [-0.15, -0.1) is 0 Å². The predicted octanol–water partition coefficient (Wildman–Crippen LogP) is 0.280. The molecule has 2 fully saturated rings. The average Bonchev–Trinajstić information content (AvgIpc) is 2.65. The summed E-state index contributed by atoms with van der Waals surface area (Å²) in [5, 5.41) is 6.24. The molecule has 86 valence electrons. The van der Waals surface area contributed by atoms with Crippen LogP contribution in [0, 0.1) is 5.92 Å². The third-order valence-corrected chi connectivity index (χ3v) is 3.26. The van der Waals surface area contributed by atoms with Crippen LogP contribution in [-0.2, 0) is 9.53 Å². The van der Waals surface area contributed by atoms with E-state index >= 15 is 0 Å². The Morgan fingerprint density at radius 3 is 2.93 bits per heavy atom. The van der Waals surface area contributed by atoms with Gasteiger partial charge in [-0.3, -0.25) is 4.79 Å². The van der Waals surface area contributed by atoms with Crippen LogP contribution >= 0.6 is 0 Å². The molecular formula is C11H20N2O2. The smallest absolute Gasteiger partial charge is 0.250 e. The summed E-state index contributed by atoms with van der Waals surface area (Å²) >= 11 is 0. The zero-order chi connectivity index (χ0) is 10.7. The Balaban J connectivity index is 1.76. The van der Waals surface area contributed by atoms with Gasteiger partial charge in [-0.2, -0.15) is 0 Å². The minimum atomic E-state index is -0.283. The lowest BCUT2D eigenvalue weighted by molar-refractivity contribution is -0.134. The molecule has 0 aromatic carbocycles. The maximum Gasteiger partial charge on any atom is 0.250 e. The van der Waals surface area contributed by atoms with Crippen LogP contribution in [0.1, 0.15) is 26.2 Å². The fraction of sp³-hybridized carbons (Fsp3) is 0.909. The van der Waals surface area contributed by atoms with Crippen LogP contribution in [0.2, 0.25) is 0 Å². The largest absolute Gasteiger partial charge is 0.366 e. The first-order valence-electron chi connectivity index (χ1n) is 5.88. The highest BCUT2D eigenvalue weighted by Crippen LogP contribution is 2.24. The van der Waals surface area contributed by atoms with Crippen LogP contribution < -0.4 is 10.6 Å². The highest BCUT2D eigenvalue weighted by Gasteiger charge is 2.27. The molecule has 3 atom stereocenters. The molecule has 1 aliphatic heterocycles. The van der Waals surface area contributed by atoms with Gasteiger partial charge in [-0.25, -0.2) is 0 Å². The van der Waals surface area contributed by atoms with E-state index in [0.717, 1.165) is 25.3 Å². The van der Waals surface area contributed by atoms with Gasteiger partial charge in [0.2, 0.25) is 0 Å². The molecule has 1 saturated heterocycles. The summed E-state index contributed by atoms with van der Waals surface area (Å²) in [7, 11) is 0. The van der Waals surface area contributed by atoms with E-state index < -0.39 is 0 Å². The van der Waals surface area contributed by atoms with E-state index in [9.17, 15) is 4.79 Å². The summed E-state index contributed by atoms with van der Waals surface area (Å²) in [5.41, 5.74) is 0. The third kappa shape index (κ3) is 2.92. The van der Waals surface area contributed by atoms with E-state index in [-0.39, 0.29) is 12.0 Å². The number of nitrogens with one attached hydrogen (secondary N) is 2. The van der Waals surface area contributed by atoms with Gasteiger partial charge in [-0.1, -0.05) is 6.92 Å². The van der Waals surface area contributed by atoms with Crippen molar-refractivity contribution < 1.29 is 9.53 Å². The molecule has 15 heavy (non-hydrogen) atoms. The molecule has 1 saturated carbocycles. The molecule has 2 N–H and O–H groups in total. The molecule has 3 unspecified atom stereocenters. The monoisotopic (exact) mass is 212 g/mol. The molecular weight excluding hydrogens is 192 g/mol. The summed E-state index contributed by atoms with van der Waals surface area (Å²) < 4.78 is 5.40. The quantitative estimate of drug-likeness (QED) is 0.691. The van der Waals surface area contributed by atoms with Crippen LogP contribution in [-0.4, -0.2) is 37.7 Å². The fourth-order valence-corrected chi connectivity index (χ4v) is 2.37. The van der Waals surface area contributed by atoms with Crippen LogP contribution in [0.15, 0.2) is 0 Å². The van der Waals surface area contributed by atoms with Crippen molar-refractivity contribution in [1.29, 1.82) is 0 Å². The number of hydrogen-bond acceptors (Lipinski definition) is 3. The molecule has 1 aliphatic carbocycles. The van der Waals surface area contributed by atoms with E-state index in [2.05, 4.69) is 17.6 Å². The van der Waals surface area contributed by atoms with E-state index in [4.69, 9.17) is 4.74 Å². The molecule has 2 rings (SSSR count). The van der Waals surface area contributed by atoms with Crippen molar-refractivity contribution >= 4 is 5.91 Å². The Hall–Kier alpha value is -0.610. The van der Waals surface area contributed by atoms with Crippen molar-refractivity contribution in [2.75, 3.05) is 19.7 Å². The topological polar surface area (TPSA) is 50.4 Å². The van der Waals surface area contributed by atoms with Gasteiger partial charge < -0.3 is 15.4 Å². The normalized spacial score (nSPS) is 36.5. The van der Waals surface area contributed by atoms with Crippen molar-refractivity contribution in [2.24, 2.45) is 5.92 Å². The molecule has 1 heterocycles. The maximum atomic E-state index is 11.8. The molecule has 0 bridgehead atoms. The zero-order valence-corrected chi connectivity index (χ0v) is 9.29. The molecule has 4 heteroatoms.